The van der Waals surface area contributed by atoms with Gasteiger partial charge in [0, 0.05) is 36.6 Å². The van der Waals surface area contributed by atoms with E-state index in [1.54, 1.807) is 0 Å². The second-order valence-corrected chi connectivity index (χ2v) is 4.87. The largest absolute Gasteiger partial charge is 0.305 e. The molecular weight excluding hydrogens is 246 g/mol. The smallest absolute Gasteiger partial charge is 0.0570 e. The van der Waals surface area contributed by atoms with Gasteiger partial charge in [0.1, 0.15) is 0 Å². The molecule has 0 spiro atoms. The predicted octanol–water partition coefficient (Wildman–Crippen LogP) is 3.48. The number of pyridine rings is 2. The van der Waals surface area contributed by atoms with Gasteiger partial charge in [0.05, 0.1) is 5.69 Å². The third kappa shape index (κ3) is 2.68. The number of rotatable bonds is 4. The number of fused-ring (bicyclic) bond motifs is 1. The molecule has 0 unspecified atom stereocenters. The van der Waals surface area contributed by atoms with Crippen LogP contribution < -0.4 is 5.32 Å². The standard InChI is InChI=1S/C17H17N3/c1-13(17-7-2-3-9-19-17)20-12-15-6-4-5-14-11-18-10-8-16(14)15/h2-11,13,20H,12H2,1H3/t13-/m1/s1. The molecule has 1 N–H and O–H groups in total. The zero-order valence-electron chi connectivity index (χ0n) is 11.5. The van der Waals surface area contributed by atoms with Crippen LogP contribution in [-0.4, -0.2) is 9.97 Å². The van der Waals surface area contributed by atoms with Crippen LogP contribution in [0.3, 0.4) is 0 Å². The third-order valence-electron chi connectivity index (χ3n) is 3.50. The highest BCUT2D eigenvalue weighted by molar-refractivity contribution is 5.84. The summed E-state index contributed by atoms with van der Waals surface area (Å²) >= 11 is 0. The van der Waals surface area contributed by atoms with Crippen molar-refractivity contribution in [1.82, 2.24) is 15.3 Å². The fraction of sp³-hybridized carbons (Fsp3) is 0.176. The summed E-state index contributed by atoms with van der Waals surface area (Å²) in [5, 5.41) is 5.96. The van der Waals surface area contributed by atoms with Crippen LogP contribution in [0.1, 0.15) is 24.2 Å². The molecule has 0 saturated heterocycles. The molecule has 1 atom stereocenters. The van der Waals surface area contributed by atoms with E-state index in [2.05, 4.69) is 46.5 Å². The van der Waals surface area contributed by atoms with Crippen LogP contribution in [0.4, 0.5) is 0 Å². The van der Waals surface area contributed by atoms with Crippen molar-refractivity contribution in [3.63, 3.8) is 0 Å². The van der Waals surface area contributed by atoms with Crippen LogP contribution in [0.2, 0.25) is 0 Å². The molecule has 100 valence electrons. The Morgan fingerprint density at radius 3 is 2.85 bits per heavy atom. The van der Waals surface area contributed by atoms with E-state index in [4.69, 9.17) is 0 Å². The topological polar surface area (TPSA) is 37.8 Å². The SMILES string of the molecule is C[C@@H](NCc1cccc2cnccc12)c1ccccn1. The Labute approximate surface area is 118 Å². The summed E-state index contributed by atoms with van der Waals surface area (Å²) in [5.41, 5.74) is 2.35. The number of hydrogen-bond donors (Lipinski definition) is 1. The van der Waals surface area contributed by atoms with Crippen LogP contribution in [-0.2, 0) is 6.54 Å². The highest BCUT2D eigenvalue weighted by atomic mass is 14.9. The van der Waals surface area contributed by atoms with Gasteiger partial charge in [0.25, 0.3) is 0 Å². The molecule has 0 amide bonds. The zero-order valence-corrected chi connectivity index (χ0v) is 11.5. The molecule has 0 bridgehead atoms. The Kier molecular flexibility index (Phi) is 3.70. The van der Waals surface area contributed by atoms with Crippen molar-refractivity contribution in [1.29, 1.82) is 0 Å². The van der Waals surface area contributed by atoms with Crippen molar-refractivity contribution in [3.05, 3.63) is 72.3 Å². The Bertz CT molecular complexity index is 689. The van der Waals surface area contributed by atoms with Crippen molar-refractivity contribution < 1.29 is 0 Å². The number of benzene rings is 1. The maximum Gasteiger partial charge on any atom is 0.0570 e. The van der Waals surface area contributed by atoms with Gasteiger partial charge in [-0.1, -0.05) is 24.3 Å². The number of nitrogens with zero attached hydrogens (tertiary/aromatic N) is 2. The minimum absolute atomic E-state index is 0.230. The minimum atomic E-state index is 0.230. The first-order valence-electron chi connectivity index (χ1n) is 6.80. The monoisotopic (exact) mass is 263 g/mol. The van der Waals surface area contributed by atoms with E-state index < -0.39 is 0 Å². The molecule has 3 aromatic rings. The Hall–Kier alpha value is -2.26. The first kappa shape index (κ1) is 12.8. The summed E-state index contributed by atoms with van der Waals surface area (Å²) in [4.78, 5) is 8.55. The van der Waals surface area contributed by atoms with Crippen LogP contribution in [0.15, 0.2) is 61.1 Å². The lowest BCUT2D eigenvalue weighted by molar-refractivity contribution is 0.563. The summed E-state index contributed by atoms with van der Waals surface area (Å²) in [7, 11) is 0. The fourth-order valence-corrected chi connectivity index (χ4v) is 2.34. The lowest BCUT2D eigenvalue weighted by Crippen LogP contribution is -2.19. The highest BCUT2D eigenvalue weighted by Gasteiger charge is 2.06. The molecule has 0 saturated carbocycles. The molecule has 3 nitrogen and oxygen atoms in total. The van der Waals surface area contributed by atoms with Gasteiger partial charge in [-0.3, -0.25) is 9.97 Å². The van der Waals surface area contributed by atoms with Gasteiger partial charge in [-0.15, -0.1) is 0 Å². The van der Waals surface area contributed by atoms with E-state index in [0.717, 1.165) is 12.2 Å². The molecule has 0 aliphatic carbocycles. The van der Waals surface area contributed by atoms with E-state index in [0.29, 0.717) is 0 Å². The maximum atomic E-state index is 4.38. The van der Waals surface area contributed by atoms with E-state index in [1.807, 2.05) is 36.8 Å². The molecule has 0 radical (unpaired) electrons. The molecule has 3 rings (SSSR count). The molecule has 0 aliphatic rings. The van der Waals surface area contributed by atoms with Gasteiger partial charge in [-0.25, -0.2) is 0 Å². The number of hydrogen-bond acceptors (Lipinski definition) is 3. The van der Waals surface area contributed by atoms with Gasteiger partial charge in [-0.2, -0.15) is 0 Å². The summed E-state index contributed by atoms with van der Waals surface area (Å²) in [6.45, 7) is 2.95. The van der Waals surface area contributed by atoms with E-state index >= 15 is 0 Å². The van der Waals surface area contributed by atoms with Crippen molar-refractivity contribution in [2.75, 3.05) is 0 Å². The third-order valence-corrected chi connectivity index (χ3v) is 3.50. The van der Waals surface area contributed by atoms with E-state index in [1.165, 1.54) is 16.3 Å². The van der Waals surface area contributed by atoms with E-state index in [-0.39, 0.29) is 6.04 Å². The Morgan fingerprint density at radius 1 is 1.05 bits per heavy atom. The molecule has 0 fully saturated rings. The summed E-state index contributed by atoms with van der Waals surface area (Å²) in [6, 6.07) is 14.6. The van der Waals surface area contributed by atoms with Crippen molar-refractivity contribution in [3.8, 4) is 0 Å². The van der Waals surface area contributed by atoms with Crippen LogP contribution >= 0.6 is 0 Å². The van der Waals surface area contributed by atoms with Gasteiger partial charge < -0.3 is 5.32 Å². The average Bonchev–Trinajstić information content (AvgIpc) is 2.53. The van der Waals surface area contributed by atoms with Crippen LogP contribution in [0, 0.1) is 0 Å². The zero-order chi connectivity index (χ0) is 13.8. The van der Waals surface area contributed by atoms with Gasteiger partial charge in [0.15, 0.2) is 0 Å². The fourth-order valence-electron chi connectivity index (χ4n) is 2.34. The van der Waals surface area contributed by atoms with Crippen LogP contribution in [0.5, 0.6) is 0 Å². The first-order valence-corrected chi connectivity index (χ1v) is 6.80. The van der Waals surface area contributed by atoms with E-state index in [9.17, 15) is 0 Å². The van der Waals surface area contributed by atoms with Crippen molar-refractivity contribution in [2.24, 2.45) is 0 Å². The van der Waals surface area contributed by atoms with Gasteiger partial charge in [0.2, 0.25) is 0 Å². The summed E-state index contributed by atoms with van der Waals surface area (Å²) in [6.07, 6.45) is 5.58. The Balaban J connectivity index is 1.77. The highest BCUT2D eigenvalue weighted by Crippen LogP contribution is 2.18. The molecule has 0 aliphatic heterocycles. The summed E-state index contributed by atoms with van der Waals surface area (Å²) < 4.78 is 0. The predicted molar refractivity (Wildman–Crippen MR) is 81.2 cm³/mol. The lowest BCUT2D eigenvalue weighted by Gasteiger charge is -2.14. The number of nitrogens with one attached hydrogen (secondary N) is 1. The quantitative estimate of drug-likeness (QED) is 0.783. The number of aromatic nitrogens is 2. The molecular formula is C17H17N3. The normalized spacial score (nSPS) is 12.4. The Morgan fingerprint density at radius 2 is 2.00 bits per heavy atom. The molecule has 3 heteroatoms. The second-order valence-electron chi connectivity index (χ2n) is 4.87. The van der Waals surface area contributed by atoms with Crippen molar-refractivity contribution in [2.45, 2.75) is 19.5 Å². The molecule has 1 aromatic carbocycles. The minimum Gasteiger partial charge on any atom is -0.305 e. The van der Waals surface area contributed by atoms with Crippen molar-refractivity contribution >= 4 is 10.8 Å². The average molecular weight is 263 g/mol. The second kappa shape index (κ2) is 5.80. The molecule has 2 aromatic heterocycles. The van der Waals surface area contributed by atoms with Crippen LogP contribution in [0.25, 0.3) is 10.8 Å². The lowest BCUT2D eigenvalue weighted by atomic mass is 10.1. The molecule has 20 heavy (non-hydrogen) atoms. The molecule has 2 heterocycles. The first-order chi connectivity index (χ1) is 9.84. The maximum absolute atomic E-state index is 4.38. The summed E-state index contributed by atoms with van der Waals surface area (Å²) in [5.74, 6) is 0. The van der Waals surface area contributed by atoms with Gasteiger partial charge in [-0.05, 0) is 36.1 Å². The van der Waals surface area contributed by atoms with Gasteiger partial charge >= 0.3 is 0 Å².